The highest BCUT2D eigenvalue weighted by molar-refractivity contribution is 5.87. The zero-order chi connectivity index (χ0) is 13.8. The van der Waals surface area contributed by atoms with Gasteiger partial charge in [0, 0.05) is 20.5 Å². The number of pyridine rings is 1. The lowest BCUT2D eigenvalue weighted by Gasteiger charge is -2.15. The molecular formula is C15H18N2O2. The molecule has 1 atom stereocenters. The fourth-order valence-corrected chi connectivity index (χ4v) is 1.86. The summed E-state index contributed by atoms with van der Waals surface area (Å²) in [5.41, 5.74) is 1.27. The Bertz CT molecular complexity index is 484. The Balaban J connectivity index is 2.00. The molecule has 0 aliphatic heterocycles. The zero-order valence-electron chi connectivity index (χ0n) is 11.3. The van der Waals surface area contributed by atoms with Crippen LogP contribution in [0.5, 0.6) is 0 Å². The van der Waals surface area contributed by atoms with E-state index in [-0.39, 0.29) is 6.10 Å². The Hall–Kier alpha value is -2.02. The second-order valence-corrected chi connectivity index (χ2v) is 4.99. The van der Waals surface area contributed by atoms with Crippen molar-refractivity contribution < 1.29 is 9.53 Å². The molecule has 0 N–H and O–H groups in total. The summed E-state index contributed by atoms with van der Waals surface area (Å²) < 4.78 is 5.44. The van der Waals surface area contributed by atoms with Crippen molar-refractivity contribution in [1.29, 1.82) is 0 Å². The number of carbonyl (C=O) groups excluding carboxylic acids is 1. The number of esters is 1. The number of nitrogens with zero attached hydrogens (tertiary/aromatic N) is 2. The number of ether oxygens (including phenoxy) is 1. The molecule has 0 amide bonds. The van der Waals surface area contributed by atoms with Crippen molar-refractivity contribution in [2.24, 2.45) is 5.92 Å². The smallest absolute Gasteiger partial charge is 0.357 e. The van der Waals surface area contributed by atoms with Gasteiger partial charge in [0.2, 0.25) is 0 Å². The van der Waals surface area contributed by atoms with Crippen LogP contribution in [0.3, 0.4) is 0 Å². The zero-order valence-corrected chi connectivity index (χ0v) is 11.3. The average molecular weight is 258 g/mol. The van der Waals surface area contributed by atoms with Crippen LogP contribution >= 0.6 is 0 Å². The van der Waals surface area contributed by atoms with E-state index in [1.54, 1.807) is 12.3 Å². The van der Waals surface area contributed by atoms with Gasteiger partial charge < -0.3 is 9.64 Å². The Morgan fingerprint density at radius 3 is 2.79 bits per heavy atom. The van der Waals surface area contributed by atoms with E-state index in [1.807, 2.05) is 25.1 Å². The van der Waals surface area contributed by atoms with Gasteiger partial charge in [0.15, 0.2) is 0 Å². The molecular weight excluding hydrogens is 240 g/mol. The second-order valence-electron chi connectivity index (χ2n) is 4.99. The summed E-state index contributed by atoms with van der Waals surface area (Å²) in [7, 11) is 3.84. The normalized spacial score (nSPS) is 15.4. The molecule has 0 saturated heterocycles. The quantitative estimate of drug-likeness (QED) is 0.599. The maximum Gasteiger partial charge on any atom is 0.357 e. The number of hydrogen-bond donors (Lipinski definition) is 0. The molecule has 2 rings (SSSR count). The van der Waals surface area contributed by atoms with Crippen LogP contribution in [-0.4, -0.2) is 31.2 Å². The van der Waals surface area contributed by atoms with Gasteiger partial charge in [0.25, 0.3) is 0 Å². The van der Waals surface area contributed by atoms with Gasteiger partial charge in [-0.1, -0.05) is 0 Å². The molecule has 4 heteroatoms. The first kappa shape index (κ1) is 13.4. The Morgan fingerprint density at radius 1 is 1.58 bits per heavy atom. The Morgan fingerprint density at radius 2 is 2.32 bits per heavy atom. The fraction of sp³-hybridized carbons (Fsp3) is 0.467. The predicted octanol–water partition coefficient (Wildman–Crippen LogP) is 2.11. The van der Waals surface area contributed by atoms with Crippen LogP contribution in [0, 0.1) is 18.3 Å². The summed E-state index contributed by atoms with van der Waals surface area (Å²) in [6.07, 6.45) is 9.46. The van der Waals surface area contributed by atoms with Crippen LogP contribution < -0.4 is 4.90 Å². The van der Waals surface area contributed by atoms with Crippen molar-refractivity contribution in [2.45, 2.75) is 25.4 Å². The third-order valence-corrected chi connectivity index (χ3v) is 3.20. The predicted molar refractivity (Wildman–Crippen MR) is 73.9 cm³/mol. The topological polar surface area (TPSA) is 42.4 Å². The molecule has 1 aromatic rings. The second kappa shape index (κ2) is 5.75. The molecule has 1 heterocycles. The molecule has 1 aliphatic rings. The number of terminal acetylenes is 1. The highest BCUT2D eigenvalue weighted by Gasteiger charge is 2.33. The molecule has 0 aromatic carbocycles. The summed E-state index contributed by atoms with van der Waals surface area (Å²) in [5, 5.41) is 0. The Labute approximate surface area is 113 Å². The first-order valence-corrected chi connectivity index (χ1v) is 6.39. The maximum atomic E-state index is 12.0. The van der Waals surface area contributed by atoms with E-state index in [0.29, 0.717) is 18.0 Å². The minimum absolute atomic E-state index is 0.159. The molecule has 1 saturated carbocycles. The van der Waals surface area contributed by atoms with Crippen molar-refractivity contribution >= 4 is 11.7 Å². The van der Waals surface area contributed by atoms with Crippen LogP contribution in [0.25, 0.3) is 0 Å². The molecule has 0 unspecified atom stereocenters. The summed E-state index contributed by atoms with van der Waals surface area (Å²) in [6, 6.07) is 3.52. The highest BCUT2D eigenvalue weighted by atomic mass is 16.5. The SMILES string of the molecule is C#CC[C@@H](OC(=O)c1ccc(N(C)C)cn1)C1CC1. The van der Waals surface area contributed by atoms with Gasteiger partial charge in [-0.2, -0.15) is 0 Å². The van der Waals surface area contributed by atoms with E-state index in [4.69, 9.17) is 11.2 Å². The molecule has 4 nitrogen and oxygen atoms in total. The average Bonchev–Trinajstić information content (AvgIpc) is 3.22. The van der Waals surface area contributed by atoms with Gasteiger partial charge in [-0.15, -0.1) is 12.3 Å². The van der Waals surface area contributed by atoms with Gasteiger partial charge in [0.05, 0.1) is 11.9 Å². The summed E-state index contributed by atoms with van der Waals surface area (Å²) in [5.74, 6) is 2.61. The largest absolute Gasteiger partial charge is 0.456 e. The van der Waals surface area contributed by atoms with Gasteiger partial charge in [-0.3, -0.25) is 0 Å². The van der Waals surface area contributed by atoms with Crippen molar-refractivity contribution in [3.05, 3.63) is 24.0 Å². The number of hydrogen-bond acceptors (Lipinski definition) is 4. The number of rotatable bonds is 5. The van der Waals surface area contributed by atoms with E-state index in [2.05, 4.69) is 10.9 Å². The molecule has 1 aliphatic carbocycles. The minimum Gasteiger partial charge on any atom is -0.456 e. The van der Waals surface area contributed by atoms with Crippen molar-refractivity contribution in [3.8, 4) is 12.3 Å². The van der Waals surface area contributed by atoms with E-state index in [0.717, 1.165) is 18.5 Å². The van der Waals surface area contributed by atoms with Gasteiger partial charge in [-0.05, 0) is 30.9 Å². The van der Waals surface area contributed by atoms with Crippen LogP contribution in [0.1, 0.15) is 29.8 Å². The van der Waals surface area contributed by atoms with E-state index >= 15 is 0 Å². The monoisotopic (exact) mass is 258 g/mol. The van der Waals surface area contributed by atoms with Crippen molar-refractivity contribution in [3.63, 3.8) is 0 Å². The number of carbonyl (C=O) groups is 1. The minimum atomic E-state index is -0.391. The van der Waals surface area contributed by atoms with Crippen LogP contribution in [0.15, 0.2) is 18.3 Å². The van der Waals surface area contributed by atoms with Crippen LogP contribution in [0.2, 0.25) is 0 Å². The first-order valence-electron chi connectivity index (χ1n) is 6.39. The highest BCUT2D eigenvalue weighted by Crippen LogP contribution is 2.36. The lowest BCUT2D eigenvalue weighted by atomic mass is 10.2. The Kier molecular flexibility index (Phi) is 4.06. The molecule has 1 aromatic heterocycles. The molecule has 0 spiro atoms. The van der Waals surface area contributed by atoms with Gasteiger partial charge in [-0.25, -0.2) is 9.78 Å². The first-order chi connectivity index (χ1) is 9.11. The van der Waals surface area contributed by atoms with Crippen LogP contribution in [-0.2, 0) is 4.74 Å². The number of anilines is 1. The number of aromatic nitrogens is 1. The van der Waals surface area contributed by atoms with Crippen molar-refractivity contribution in [2.75, 3.05) is 19.0 Å². The van der Waals surface area contributed by atoms with Gasteiger partial charge >= 0.3 is 5.97 Å². The molecule has 19 heavy (non-hydrogen) atoms. The summed E-state index contributed by atoms with van der Waals surface area (Å²) in [6.45, 7) is 0. The third kappa shape index (κ3) is 3.47. The van der Waals surface area contributed by atoms with Crippen LogP contribution in [0.4, 0.5) is 5.69 Å². The molecule has 0 bridgehead atoms. The maximum absolute atomic E-state index is 12.0. The van der Waals surface area contributed by atoms with Gasteiger partial charge in [0.1, 0.15) is 11.8 Å². The molecule has 1 fully saturated rings. The third-order valence-electron chi connectivity index (χ3n) is 3.20. The van der Waals surface area contributed by atoms with Crippen molar-refractivity contribution in [1.82, 2.24) is 4.98 Å². The van der Waals surface area contributed by atoms with E-state index in [9.17, 15) is 4.79 Å². The molecule has 100 valence electrons. The summed E-state index contributed by atoms with van der Waals surface area (Å²) in [4.78, 5) is 18.0. The molecule has 0 radical (unpaired) electrons. The summed E-state index contributed by atoms with van der Waals surface area (Å²) >= 11 is 0. The lowest BCUT2D eigenvalue weighted by Crippen LogP contribution is -2.20. The standard InChI is InChI=1S/C15H18N2O2/c1-4-5-14(11-6-7-11)19-15(18)13-9-8-12(10-16-13)17(2)3/h1,8-11,14H,5-7H2,2-3H3/t14-/m1/s1. The fourth-order valence-electron chi connectivity index (χ4n) is 1.86. The lowest BCUT2D eigenvalue weighted by molar-refractivity contribution is 0.0254. The van der Waals surface area contributed by atoms with E-state index < -0.39 is 5.97 Å². The van der Waals surface area contributed by atoms with E-state index in [1.165, 1.54) is 0 Å².